The molecule has 1 heterocycles. The average Bonchev–Trinajstić information content (AvgIpc) is 2.88. The molecule has 0 aliphatic carbocycles. The van der Waals surface area contributed by atoms with Crippen LogP contribution in [0.15, 0.2) is 35.7 Å². The van der Waals surface area contributed by atoms with E-state index in [1.807, 2.05) is 0 Å². The van der Waals surface area contributed by atoms with Gasteiger partial charge in [-0.3, -0.25) is 20.2 Å². The average molecular weight is 293 g/mol. The molecule has 0 radical (unpaired) electrons. The maximum atomic E-state index is 10.8. The predicted molar refractivity (Wildman–Crippen MR) is 74.6 cm³/mol. The second kappa shape index (κ2) is 6.22. The highest BCUT2D eigenvalue weighted by Crippen LogP contribution is 2.22. The molecule has 0 unspecified atom stereocenters. The number of nitrogens with zero attached hydrogens (tertiary/aromatic N) is 2. The van der Waals surface area contributed by atoms with Gasteiger partial charge < -0.3 is 5.32 Å². The first-order valence-electron chi connectivity index (χ1n) is 5.72. The van der Waals surface area contributed by atoms with Gasteiger partial charge in [-0.05, 0) is 5.56 Å². The second-order valence-corrected chi connectivity index (χ2v) is 4.93. The molecule has 7 nitrogen and oxygen atoms in total. The molecule has 104 valence electrons. The monoisotopic (exact) mass is 293 g/mol. The molecule has 0 saturated heterocycles. The summed E-state index contributed by atoms with van der Waals surface area (Å²) in [5.41, 5.74) is 1.44. The Labute approximate surface area is 118 Å². The van der Waals surface area contributed by atoms with Crippen molar-refractivity contribution >= 4 is 22.0 Å². The topological polar surface area (TPSA) is 98.3 Å². The summed E-state index contributed by atoms with van der Waals surface area (Å²) in [7, 11) is 0. The number of thiophene rings is 1. The summed E-state index contributed by atoms with van der Waals surface area (Å²) in [5.74, 6) is 0. The van der Waals surface area contributed by atoms with E-state index in [2.05, 4.69) is 5.32 Å². The molecule has 1 aromatic heterocycles. The number of nitrogens with one attached hydrogen (secondary N) is 1. The number of para-hydroxylation sites is 1. The summed E-state index contributed by atoms with van der Waals surface area (Å²) in [6.45, 7) is 0.761. The Bertz CT molecular complexity index is 641. The third-order valence-electron chi connectivity index (χ3n) is 2.65. The highest BCUT2D eigenvalue weighted by Gasteiger charge is 2.12. The molecule has 1 N–H and O–H groups in total. The second-order valence-electron chi connectivity index (χ2n) is 4.04. The van der Waals surface area contributed by atoms with E-state index in [1.54, 1.807) is 23.6 Å². The minimum Gasteiger partial charge on any atom is -0.308 e. The lowest BCUT2D eigenvalue weighted by molar-refractivity contribution is -0.385. The van der Waals surface area contributed by atoms with Gasteiger partial charge in [0.05, 0.1) is 9.85 Å². The molecular weight excluding hydrogens is 282 g/mol. The molecule has 0 fully saturated rings. The van der Waals surface area contributed by atoms with Crippen LogP contribution in [0.3, 0.4) is 0 Å². The lowest BCUT2D eigenvalue weighted by Gasteiger charge is -2.04. The van der Waals surface area contributed by atoms with Crippen molar-refractivity contribution in [3.8, 4) is 0 Å². The Balaban J connectivity index is 1.96. The van der Waals surface area contributed by atoms with Gasteiger partial charge in [0, 0.05) is 36.2 Å². The van der Waals surface area contributed by atoms with E-state index in [4.69, 9.17) is 0 Å². The Morgan fingerprint density at radius 2 is 1.85 bits per heavy atom. The third kappa shape index (κ3) is 3.37. The summed E-state index contributed by atoms with van der Waals surface area (Å²) in [6, 6.07) is 7.98. The summed E-state index contributed by atoms with van der Waals surface area (Å²) in [6.07, 6.45) is 0. The summed E-state index contributed by atoms with van der Waals surface area (Å²) in [5, 5.41) is 26.2. The molecule has 0 aliphatic rings. The smallest absolute Gasteiger partial charge is 0.308 e. The first-order chi connectivity index (χ1) is 9.58. The van der Waals surface area contributed by atoms with Crippen molar-refractivity contribution in [2.45, 2.75) is 13.1 Å². The van der Waals surface area contributed by atoms with Gasteiger partial charge in [0.15, 0.2) is 0 Å². The quantitative estimate of drug-likeness (QED) is 0.652. The van der Waals surface area contributed by atoms with Crippen LogP contribution < -0.4 is 5.32 Å². The molecule has 0 atom stereocenters. The molecular formula is C12H11N3O4S. The maximum absolute atomic E-state index is 10.8. The van der Waals surface area contributed by atoms with Crippen molar-refractivity contribution in [2.24, 2.45) is 0 Å². The van der Waals surface area contributed by atoms with E-state index in [-0.39, 0.29) is 10.7 Å². The van der Waals surface area contributed by atoms with Crippen molar-refractivity contribution in [1.29, 1.82) is 0 Å². The van der Waals surface area contributed by atoms with Crippen molar-refractivity contribution in [2.75, 3.05) is 0 Å². The fraction of sp³-hybridized carbons (Fsp3) is 0.167. The van der Waals surface area contributed by atoms with Crippen LogP contribution in [0.5, 0.6) is 0 Å². The zero-order valence-corrected chi connectivity index (χ0v) is 11.1. The van der Waals surface area contributed by atoms with Crippen LogP contribution in [0, 0.1) is 20.2 Å². The van der Waals surface area contributed by atoms with Crippen LogP contribution in [-0.2, 0) is 13.1 Å². The molecule has 2 rings (SSSR count). The molecule has 20 heavy (non-hydrogen) atoms. The normalized spacial score (nSPS) is 10.4. The predicted octanol–water partition coefficient (Wildman–Crippen LogP) is 2.85. The molecule has 0 saturated carbocycles. The number of nitro groups is 2. The lowest BCUT2D eigenvalue weighted by atomic mass is 10.2. The standard InChI is InChI=1S/C12H11N3O4S/c16-14(17)11-4-2-1-3-10(11)7-13-6-9-5-12(15(18)19)20-8-9/h1-5,8,13H,6-7H2. The van der Waals surface area contributed by atoms with Gasteiger partial charge in [0.2, 0.25) is 0 Å². The minimum atomic E-state index is -0.434. The van der Waals surface area contributed by atoms with Crippen LogP contribution >= 0.6 is 11.3 Å². The fourth-order valence-corrected chi connectivity index (χ4v) is 2.46. The molecule has 0 amide bonds. The molecule has 8 heteroatoms. The first kappa shape index (κ1) is 14.1. The lowest BCUT2D eigenvalue weighted by Crippen LogP contribution is -2.13. The van der Waals surface area contributed by atoms with Gasteiger partial charge in [-0.15, -0.1) is 0 Å². The Morgan fingerprint density at radius 3 is 2.50 bits per heavy atom. The van der Waals surface area contributed by atoms with E-state index >= 15 is 0 Å². The highest BCUT2D eigenvalue weighted by atomic mass is 32.1. The van der Waals surface area contributed by atoms with Gasteiger partial charge in [0.1, 0.15) is 0 Å². The summed E-state index contributed by atoms with van der Waals surface area (Å²) in [4.78, 5) is 20.5. The molecule has 2 aromatic rings. The number of benzene rings is 1. The molecule has 0 spiro atoms. The van der Waals surface area contributed by atoms with Gasteiger partial charge >= 0.3 is 5.00 Å². The van der Waals surface area contributed by atoms with Crippen molar-refractivity contribution in [1.82, 2.24) is 5.32 Å². The zero-order valence-electron chi connectivity index (χ0n) is 10.3. The van der Waals surface area contributed by atoms with Gasteiger partial charge in [-0.1, -0.05) is 29.5 Å². The van der Waals surface area contributed by atoms with Gasteiger partial charge in [0.25, 0.3) is 5.69 Å². The maximum Gasteiger partial charge on any atom is 0.324 e. The number of hydrogen-bond acceptors (Lipinski definition) is 6. The Hall–Kier alpha value is -2.32. The van der Waals surface area contributed by atoms with E-state index in [0.717, 1.165) is 16.9 Å². The zero-order chi connectivity index (χ0) is 14.5. The van der Waals surface area contributed by atoms with E-state index in [9.17, 15) is 20.2 Å². The highest BCUT2D eigenvalue weighted by molar-refractivity contribution is 7.13. The molecule has 1 aromatic carbocycles. The SMILES string of the molecule is O=[N+]([O-])c1cc(CNCc2ccccc2[N+](=O)[O-])cs1. The molecule has 0 bridgehead atoms. The summed E-state index contributed by atoms with van der Waals surface area (Å²) >= 11 is 1.06. The van der Waals surface area contributed by atoms with Crippen molar-refractivity contribution < 1.29 is 9.85 Å². The number of rotatable bonds is 6. The van der Waals surface area contributed by atoms with Crippen LogP contribution in [-0.4, -0.2) is 9.85 Å². The van der Waals surface area contributed by atoms with E-state index in [1.165, 1.54) is 12.1 Å². The van der Waals surface area contributed by atoms with Gasteiger partial charge in [-0.2, -0.15) is 0 Å². The van der Waals surface area contributed by atoms with Crippen LogP contribution in [0.2, 0.25) is 0 Å². The third-order valence-corrected chi connectivity index (χ3v) is 3.58. The number of nitro benzene ring substituents is 1. The molecule has 0 aliphatic heterocycles. The summed E-state index contributed by atoms with van der Waals surface area (Å²) < 4.78 is 0. The van der Waals surface area contributed by atoms with E-state index < -0.39 is 9.85 Å². The van der Waals surface area contributed by atoms with Crippen LogP contribution in [0.1, 0.15) is 11.1 Å². The van der Waals surface area contributed by atoms with Crippen molar-refractivity contribution in [3.63, 3.8) is 0 Å². The minimum absolute atomic E-state index is 0.0660. The number of hydrogen-bond donors (Lipinski definition) is 1. The van der Waals surface area contributed by atoms with Gasteiger partial charge in [-0.25, -0.2) is 0 Å². The Kier molecular flexibility index (Phi) is 4.38. The first-order valence-corrected chi connectivity index (χ1v) is 6.60. The largest absolute Gasteiger partial charge is 0.324 e. The van der Waals surface area contributed by atoms with Crippen molar-refractivity contribution in [3.05, 3.63) is 67.1 Å². The van der Waals surface area contributed by atoms with Crippen LogP contribution in [0.4, 0.5) is 10.7 Å². The Morgan fingerprint density at radius 1 is 1.10 bits per heavy atom. The van der Waals surface area contributed by atoms with Crippen LogP contribution in [0.25, 0.3) is 0 Å². The fourth-order valence-electron chi connectivity index (χ4n) is 1.73. The van der Waals surface area contributed by atoms with E-state index in [0.29, 0.717) is 18.7 Å².